The van der Waals surface area contributed by atoms with E-state index < -0.39 is 6.09 Å². The van der Waals surface area contributed by atoms with E-state index >= 15 is 0 Å². The van der Waals surface area contributed by atoms with Crippen LogP contribution in [0, 0.1) is 0 Å². The summed E-state index contributed by atoms with van der Waals surface area (Å²) in [5, 5.41) is 2.77. The highest BCUT2D eigenvalue weighted by Gasteiger charge is 2.16. The lowest BCUT2D eigenvalue weighted by Crippen LogP contribution is -2.25. The molecule has 1 aliphatic rings. The molecule has 17 heavy (non-hydrogen) atoms. The Hall–Kier alpha value is -2.04. The Morgan fingerprint density at radius 1 is 1.35 bits per heavy atom. The number of hydrogen-bond donors (Lipinski definition) is 1. The van der Waals surface area contributed by atoms with Gasteiger partial charge < -0.3 is 15.0 Å². The molecule has 5 heteroatoms. The molecule has 2 amide bonds. The molecule has 0 radical (unpaired) electrons. The van der Waals surface area contributed by atoms with Gasteiger partial charge in [0.25, 0.3) is 0 Å². The van der Waals surface area contributed by atoms with Crippen LogP contribution in [0.3, 0.4) is 0 Å². The van der Waals surface area contributed by atoms with Gasteiger partial charge in [-0.05, 0) is 30.2 Å². The Labute approximate surface area is 99.4 Å². The molecule has 0 aromatic heterocycles. The van der Waals surface area contributed by atoms with E-state index in [1.807, 2.05) is 0 Å². The van der Waals surface area contributed by atoms with E-state index in [0.29, 0.717) is 18.6 Å². The first-order valence-corrected chi connectivity index (χ1v) is 5.38. The Bertz CT molecular complexity index is 469. The van der Waals surface area contributed by atoms with Crippen molar-refractivity contribution in [2.45, 2.75) is 12.8 Å². The zero-order valence-electron chi connectivity index (χ0n) is 9.82. The molecule has 0 saturated carbocycles. The lowest BCUT2D eigenvalue weighted by Gasteiger charge is -2.18. The third-order valence-electron chi connectivity index (χ3n) is 2.54. The number of aryl methyl sites for hydroxylation is 1. The number of hydrogen-bond acceptors (Lipinski definition) is 3. The number of carbonyl (C=O) groups excluding carboxylic acids is 2. The van der Waals surface area contributed by atoms with Gasteiger partial charge in [-0.25, -0.2) is 4.79 Å². The molecule has 1 aromatic rings. The number of benzene rings is 1. The molecular weight excluding hydrogens is 220 g/mol. The zero-order chi connectivity index (χ0) is 12.4. The SMILES string of the molecule is CN(C)C(=O)Oc1ccc2c(c1)CCC(=O)N2. The van der Waals surface area contributed by atoms with Crippen LogP contribution in [0.2, 0.25) is 0 Å². The monoisotopic (exact) mass is 234 g/mol. The van der Waals surface area contributed by atoms with Crippen LogP contribution in [0.25, 0.3) is 0 Å². The smallest absolute Gasteiger partial charge is 0.410 e. The summed E-state index contributed by atoms with van der Waals surface area (Å²) in [4.78, 5) is 23.9. The number of rotatable bonds is 1. The maximum atomic E-state index is 11.4. The molecule has 2 rings (SSSR count). The maximum absolute atomic E-state index is 11.4. The van der Waals surface area contributed by atoms with E-state index in [1.165, 1.54) is 4.90 Å². The molecule has 0 fully saturated rings. The largest absolute Gasteiger partial charge is 0.414 e. The lowest BCUT2D eigenvalue weighted by atomic mass is 10.0. The number of amides is 2. The molecule has 90 valence electrons. The van der Waals surface area contributed by atoms with Gasteiger partial charge in [0.15, 0.2) is 0 Å². The van der Waals surface area contributed by atoms with Crippen molar-refractivity contribution in [1.29, 1.82) is 0 Å². The molecule has 1 heterocycles. The van der Waals surface area contributed by atoms with E-state index in [4.69, 9.17) is 4.74 Å². The van der Waals surface area contributed by atoms with Crippen molar-refractivity contribution in [2.75, 3.05) is 19.4 Å². The van der Waals surface area contributed by atoms with Crippen molar-refractivity contribution >= 4 is 17.7 Å². The first kappa shape index (κ1) is 11.4. The normalized spacial score (nSPS) is 13.6. The summed E-state index contributed by atoms with van der Waals surface area (Å²) >= 11 is 0. The molecule has 0 bridgehead atoms. The van der Waals surface area contributed by atoms with Gasteiger partial charge in [0.2, 0.25) is 5.91 Å². The van der Waals surface area contributed by atoms with Gasteiger partial charge in [0, 0.05) is 26.2 Å². The topological polar surface area (TPSA) is 58.6 Å². The standard InChI is InChI=1S/C12H14N2O3/c1-14(2)12(16)17-9-4-5-10-8(7-9)3-6-11(15)13-10/h4-5,7H,3,6H2,1-2H3,(H,13,15). The molecule has 0 saturated heterocycles. The summed E-state index contributed by atoms with van der Waals surface area (Å²) in [6, 6.07) is 5.21. The van der Waals surface area contributed by atoms with Gasteiger partial charge in [-0.3, -0.25) is 4.79 Å². The van der Waals surface area contributed by atoms with E-state index in [-0.39, 0.29) is 5.91 Å². The van der Waals surface area contributed by atoms with Crippen LogP contribution in [-0.2, 0) is 11.2 Å². The minimum absolute atomic E-state index is 0.0236. The van der Waals surface area contributed by atoms with Crippen LogP contribution in [0.1, 0.15) is 12.0 Å². The highest BCUT2D eigenvalue weighted by molar-refractivity contribution is 5.94. The van der Waals surface area contributed by atoms with Gasteiger partial charge in [0.1, 0.15) is 5.75 Å². The number of nitrogens with one attached hydrogen (secondary N) is 1. The van der Waals surface area contributed by atoms with Crippen molar-refractivity contribution in [3.05, 3.63) is 23.8 Å². The Morgan fingerprint density at radius 3 is 2.82 bits per heavy atom. The molecule has 1 aromatic carbocycles. The minimum Gasteiger partial charge on any atom is -0.410 e. The molecule has 0 unspecified atom stereocenters. The number of ether oxygens (including phenoxy) is 1. The second-order valence-corrected chi connectivity index (χ2v) is 4.13. The van der Waals surface area contributed by atoms with Crippen LogP contribution in [0.15, 0.2) is 18.2 Å². The molecule has 5 nitrogen and oxygen atoms in total. The third kappa shape index (κ3) is 2.55. The molecule has 0 spiro atoms. The zero-order valence-corrected chi connectivity index (χ0v) is 9.82. The number of anilines is 1. The van der Waals surface area contributed by atoms with Crippen LogP contribution in [-0.4, -0.2) is 31.0 Å². The quantitative estimate of drug-likeness (QED) is 0.803. The van der Waals surface area contributed by atoms with Crippen LogP contribution in [0.5, 0.6) is 5.75 Å². The fourth-order valence-corrected chi connectivity index (χ4v) is 1.62. The second-order valence-electron chi connectivity index (χ2n) is 4.13. The fraction of sp³-hybridized carbons (Fsp3) is 0.333. The van der Waals surface area contributed by atoms with Gasteiger partial charge >= 0.3 is 6.09 Å². The third-order valence-corrected chi connectivity index (χ3v) is 2.54. The predicted octanol–water partition coefficient (Wildman–Crippen LogP) is 1.63. The summed E-state index contributed by atoms with van der Waals surface area (Å²) in [6.45, 7) is 0. The average molecular weight is 234 g/mol. The van der Waals surface area contributed by atoms with Gasteiger partial charge in [0.05, 0.1) is 0 Å². The van der Waals surface area contributed by atoms with Crippen molar-refractivity contribution in [1.82, 2.24) is 4.90 Å². The summed E-state index contributed by atoms with van der Waals surface area (Å²) in [5.41, 5.74) is 1.79. The first-order chi connectivity index (χ1) is 8.06. The first-order valence-electron chi connectivity index (χ1n) is 5.38. The molecule has 1 aliphatic heterocycles. The lowest BCUT2D eigenvalue weighted by molar-refractivity contribution is -0.116. The van der Waals surface area contributed by atoms with Crippen LogP contribution in [0.4, 0.5) is 10.5 Å². The molecule has 1 N–H and O–H groups in total. The fourth-order valence-electron chi connectivity index (χ4n) is 1.62. The predicted molar refractivity (Wildman–Crippen MR) is 63.1 cm³/mol. The Morgan fingerprint density at radius 2 is 2.12 bits per heavy atom. The highest BCUT2D eigenvalue weighted by atomic mass is 16.6. The van der Waals surface area contributed by atoms with E-state index in [0.717, 1.165) is 11.3 Å². The number of nitrogens with zero attached hydrogens (tertiary/aromatic N) is 1. The summed E-state index contributed by atoms with van der Waals surface area (Å²) in [5.74, 6) is 0.522. The number of fused-ring (bicyclic) bond motifs is 1. The maximum Gasteiger partial charge on any atom is 0.414 e. The van der Waals surface area contributed by atoms with Crippen molar-refractivity contribution in [2.24, 2.45) is 0 Å². The molecule has 0 aliphatic carbocycles. The van der Waals surface area contributed by atoms with Crippen LogP contribution >= 0.6 is 0 Å². The highest BCUT2D eigenvalue weighted by Crippen LogP contribution is 2.26. The van der Waals surface area contributed by atoms with E-state index in [9.17, 15) is 9.59 Å². The van der Waals surface area contributed by atoms with Gasteiger partial charge in [-0.15, -0.1) is 0 Å². The minimum atomic E-state index is -0.412. The van der Waals surface area contributed by atoms with E-state index in [2.05, 4.69) is 5.32 Å². The molecule has 0 atom stereocenters. The Balaban J connectivity index is 2.17. The van der Waals surface area contributed by atoms with Crippen molar-refractivity contribution in [3.63, 3.8) is 0 Å². The summed E-state index contributed by atoms with van der Waals surface area (Å²) in [7, 11) is 3.25. The van der Waals surface area contributed by atoms with Gasteiger partial charge in [-0.1, -0.05) is 0 Å². The average Bonchev–Trinajstić information content (AvgIpc) is 2.29. The van der Waals surface area contributed by atoms with Crippen molar-refractivity contribution < 1.29 is 14.3 Å². The summed E-state index contributed by atoms with van der Waals surface area (Å²) < 4.78 is 5.14. The van der Waals surface area contributed by atoms with E-state index in [1.54, 1.807) is 32.3 Å². The van der Waals surface area contributed by atoms with Crippen molar-refractivity contribution in [3.8, 4) is 5.75 Å². The summed E-state index contributed by atoms with van der Waals surface area (Å²) in [6.07, 6.45) is 0.733. The second kappa shape index (κ2) is 4.45. The number of carbonyl (C=O) groups is 2. The Kier molecular flexibility index (Phi) is 2.99. The van der Waals surface area contributed by atoms with Gasteiger partial charge in [-0.2, -0.15) is 0 Å². The molecular formula is C12H14N2O3. The van der Waals surface area contributed by atoms with Crippen LogP contribution < -0.4 is 10.1 Å².